The van der Waals surface area contributed by atoms with E-state index >= 15 is 0 Å². The van der Waals surface area contributed by atoms with Crippen LogP contribution in [0.15, 0.2) is 24.3 Å². The Hall–Kier alpha value is -1.88. The van der Waals surface area contributed by atoms with Gasteiger partial charge >= 0.3 is 0 Å². The van der Waals surface area contributed by atoms with Crippen LogP contribution in [0.4, 0.5) is 5.69 Å². The number of primary amides is 1. The number of aryl methyl sites for hydroxylation is 1. The minimum absolute atomic E-state index is 0.0886. The van der Waals surface area contributed by atoms with Gasteiger partial charge in [-0.3, -0.25) is 9.59 Å². The Labute approximate surface area is 113 Å². The maximum atomic E-state index is 12.3. The first-order valence-corrected chi connectivity index (χ1v) is 6.32. The van der Waals surface area contributed by atoms with Crippen molar-refractivity contribution in [1.82, 2.24) is 0 Å². The second-order valence-electron chi connectivity index (χ2n) is 4.68. The first kappa shape index (κ1) is 15.2. The Morgan fingerprint density at radius 1 is 1.37 bits per heavy atom. The molecule has 0 aliphatic carbocycles. The normalized spacial score (nSPS) is 11.9. The van der Waals surface area contributed by atoms with Crippen LogP contribution in [0.2, 0.25) is 0 Å². The maximum absolute atomic E-state index is 12.3. The molecule has 0 aromatic heterocycles. The van der Waals surface area contributed by atoms with Crippen molar-refractivity contribution < 1.29 is 9.59 Å². The summed E-state index contributed by atoms with van der Waals surface area (Å²) in [4.78, 5) is 24.8. The van der Waals surface area contributed by atoms with Crippen LogP contribution in [0.3, 0.4) is 0 Å². The second-order valence-corrected chi connectivity index (χ2v) is 4.68. The molecule has 0 fully saturated rings. The van der Waals surface area contributed by atoms with E-state index in [4.69, 9.17) is 11.5 Å². The van der Waals surface area contributed by atoms with Crippen molar-refractivity contribution in [3.8, 4) is 0 Å². The average Bonchev–Trinajstić information content (AvgIpc) is 2.37. The fraction of sp³-hybridized carbons (Fsp3) is 0.429. The third-order valence-corrected chi connectivity index (χ3v) is 2.94. The minimum atomic E-state index is -0.425. The smallest absolute Gasteiger partial charge is 0.231 e. The molecule has 0 aliphatic rings. The van der Waals surface area contributed by atoms with Gasteiger partial charge in [-0.15, -0.1) is 0 Å². The van der Waals surface area contributed by atoms with Crippen molar-refractivity contribution in [2.75, 3.05) is 18.0 Å². The number of benzene rings is 1. The quantitative estimate of drug-likeness (QED) is 0.795. The molecule has 4 N–H and O–H groups in total. The topological polar surface area (TPSA) is 89.4 Å². The van der Waals surface area contributed by atoms with E-state index in [9.17, 15) is 9.59 Å². The van der Waals surface area contributed by atoms with Gasteiger partial charge in [-0.25, -0.2) is 0 Å². The van der Waals surface area contributed by atoms with Crippen LogP contribution >= 0.6 is 0 Å². The lowest BCUT2D eigenvalue weighted by Crippen LogP contribution is -2.39. The zero-order valence-corrected chi connectivity index (χ0v) is 11.4. The molecular formula is C14H21N3O2. The summed E-state index contributed by atoms with van der Waals surface area (Å²) in [5, 5.41) is 0. The van der Waals surface area contributed by atoms with Crippen LogP contribution in [0.5, 0.6) is 0 Å². The van der Waals surface area contributed by atoms with Crippen molar-refractivity contribution in [3.05, 3.63) is 29.8 Å². The number of carbonyl (C=O) groups excluding carboxylic acids is 2. The van der Waals surface area contributed by atoms with E-state index < -0.39 is 5.91 Å². The van der Waals surface area contributed by atoms with Gasteiger partial charge < -0.3 is 16.4 Å². The van der Waals surface area contributed by atoms with E-state index in [-0.39, 0.29) is 31.3 Å². The largest absolute Gasteiger partial charge is 0.370 e. The average molecular weight is 263 g/mol. The van der Waals surface area contributed by atoms with Gasteiger partial charge in [0.25, 0.3) is 0 Å². The SMILES string of the molecule is Cc1cccc(N(CCC(N)=O)C(=O)C(C)CN)c1. The van der Waals surface area contributed by atoms with Gasteiger partial charge in [0, 0.05) is 31.1 Å². The number of hydrogen-bond donors (Lipinski definition) is 2. The van der Waals surface area contributed by atoms with Crippen LogP contribution in [0.1, 0.15) is 18.9 Å². The molecule has 1 rings (SSSR count). The molecule has 0 heterocycles. The maximum Gasteiger partial charge on any atom is 0.231 e. The molecule has 5 nitrogen and oxygen atoms in total. The van der Waals surface area contributed by atoms with Gasteiger partial charge in [0.05, 0.1) is 0 Å². The Balaban J connectivity index is 2.97. The highest BCUT2D eigenvalue weighted by molar-refractivity contribution is 5.95. The van der Waals surface area contributed by atoms with Gasteiger partial charge in [-0.05, 0) is 24.6 Å². The summed E-state index contributed by atoms with van der Waals surface area (Å²) in [6.45, 7) is 4.28. The predicted molar refractivity (Wildman–Crippen MR) is 75.6 cm³/mol. The molecule has 1 aromatic rings. The highest BCUT2D eigenvalue weighted by Gasteiger charge is 2.21. The van der Waals surface area contributed by atoms with E-state index in [1.54, 1.807) is 11.8 Å². The standard InChI is InChI=1S/C14H21N3O2/c1-10-4-3-5-12(8-10)17(7-6-13(16)18)14(19)11(2)9-15/h3-5,8,11H,6-7,9,15H2,1-2H3,(H2,16,18). The molecular weight excluding hydrogens is 242 g/mol. The number of anilines is 1. The Morgan fingerprint density at radius 3 is 2.58 bits per heavy atom. The third kappa shape index (κ3) is 4.37. The molecule has 0 spiro atoms. The molecule has 0 aliphatic heterocycles. The fourth-order valence-corrected chi connectivity index (χ4v) is 1.75. The van der Waals surface area contributed by atoms with Crippen molar-refractivity contribution in [1.29, 1.82) is 0 Å². The van der Waals surface area contributed by atoms with Gasteiger partial charge in [0.1, 0.15) is 0 Å². The molecule has 0 radical (unpaired) electrons. The zero-order chi connectivity index (χ0) is 14.4. The van der Waals surface area contributed by atoms with Crippen molar-refractivity contribution in [2.45, 2.75) is 20.3 Å². The Kier molecular flexibility index (Phi) is 5.51. The van der Waals surface area contributed by atoms with E-state index in [1.807, 2.05) is 31.2 Å². The molecule has 1 atom stereocenters. The molecule has 0 saturated carbocycles. The number of carbonyl (C=O) groups is 2. The molecule has 5 heteroatoms. The summed E-state index contributed by atoms with van der Waals surface area (Å²) in [7, 11) is 0. The first-order valence-electron chi connectivity index (χ1n) is 6.32. The molecule has 104 valence electrons. The predicted octanol–water partition coefficient (Wildman–Crippen LogP) is 0.798. The lowest BCUT2D eigenvalue weighted by Gasteiger charge is -2.25. The van der Waals surface area contributed by atoms with Crippen LogP contribution in [-0.4, -0.2) is 24.9 Å². The van der Waals surface area contributed by atoms with E-state index in [2.05, 4.69) is 0 Å². The molecule has 2 amide bonds. The number of rotatable bonds is 6. The molecule has 1 unspecified atom stereocenters. The molecule has 0 saturated heterocycles. The summed E-state index contributed by atoms with van der Waals surface area (Å²) >= 11 is 0. The Morgan fingerprint density at radius 2 is 2.05 bits per heavy atom. The summed E-state index contributed by atoms with van der Waals surface area (Å²) < 4.78 is 0. The highest BCUT2D eigenvalue weighted by Crippen LogP contribution is 2.18. The lowest BCUT2D eigenvalue weighted by atomic mass is 10.1. The van der Waals surface area contributed by atoms with E-state index in [0.29, 0.717) is 0 Å². The third-order valence-electron chi connectivity index (χ3n) is 2.94. The summed E-state index contributed by atoms with van der Waals surface area (Å²) in [5.74, 6) is -0.798. The number of amides is 2. The summed E-state index contributed by atoms with van der Waals surface area (Å²) in [5.41, 5.74) is 12.5. The van der Waals surface area contributed by atoms with Crippen LogP contribution < -0.4 is 16.4 Å². The Bertz CT molecular complexity index is 460. The second kappa shape index (κ2) is 6.89. The first-order chi connectivity index (χ1) is 8.95. The fourth-order valence-electron chi connectivity index (χ4n) is 1.75. The minimum Gasteiger partial charge on any atom is -0.370 e. The van der Waals surface area contributed by atoms with Gasteiger partial charge in [0.2, 0.25) is 11.8 Å². The molecule has 1 aromatic carbocycles. The van der Waals surface area contributed by atoms with Crippen molar-refractivity contribution >= 4 is 17.5 Å². The number of hydrogen-bond acceptors (Lipinski definition) is 3. The van der Waals surface area contributed by atoms with E-state index in [0.717, 1.165) is 11.3 Å². The highest BCUT2D eigenvalue weighted by atomic mass is 16.2. The summed E-state index contributed by atoms with van der Waals surface area (Å²) in [6, 6.07) is 7.58. The van der Waals surface area contributed by atoms with Crippen LogP contribution in [0.25, 0.3) is 0 Å². The van der Waals surface area contributed by atoms with Gasteiger partial charge in [-0.1, -0.05) is 19.1 Å². The summed E-state index contributed by atoms with van der Waals surface area (Å²) in [6.07, 6.45) is 0.136. The molecule has 19 heavy (non-hydrogen) atoms. The number of nitrogens with two attached hydrogens (primary N) is 2. The van der Waals surface area contributed by atoms with E-state index in [1.165, 1.54) is 0 Å². The lowest BCUT2D eigenvalue weighted by molar-refractivity contribution is -0.121. The molecule has 0 bridgehead atoms. The van der Waals surface area contributed by atoms with Gasteiger partial charge in [0.15, 0.2) is 0 Å². The van der Waals surface area contributed by atoms with Crippen molar-refractivity contribution in [3.63, 3.8) is 0 Å². The number of nitrogens with zero attached hydrogens (tertiary/aromatic N) is 1. The van der Waals surface area contributed by atoms with Crippen LogP contribution in [-0.2, 0) is 9.59 Å². The van der Waals surface area contributed by atoms with Crippen molar-refractivity contribution in [2.24, 2.45) is 17.4 Å². The van der Waals surface area contributed by atoms with Gasteiger partial charge in [-0.2, -0.15) is 0 Å². The monoisotopic (exact) mass is 263 g/mol. The van der Waals surface area contributed by atoms with Crippen LogP contribution in [0, 0.1) is 12.8 Å². The zero-order valence-electron chi connectivity index (χ0n) is 11.4.